The van der Waals surface area contributed by atoms with Crippen LogP contribution in [0.25, 0.3) is 0 Å². The van der Waals surface area contributed by atoms with E-state index in [9.17, 15) is 4.39 Å². The van der Waals surface area contributed by atoms with Gasteiger partial charge in [0.2, 0.25) is 0 Å². The quantitative estimate of drug-likeness (QED) is 0.836. The lowest BCUT2D eigenvalue weighted by Gasteiger charge is -2.22. The minimum absolute atomic E-state index is 0.235. The van der Waals surface area contributed by atoms with E-state index in [1.54, 1.807) is 6.07 Å². The van der Waals surface area contributed by atoms with Crippen molar-refractivity contribution >= 4 is 0 Å². The van der Waals surface area contributed by atoms with Gasteiger partial charge in [0.25, 0.3) is 0 Å². The normalized spacial score (nSPS) is 16.4. The van der Waals surface area contributed by atoms with E-state index in [1.807, 2.05) is 6.07 Å². The summed E-state index contributed by atoms with van der Waals surface area (Å²) in [6.45, 7) is 8.16. The second-order valence-electron chi connectivity index (χ2n) is 6.19. The van der Waals surface area contributed by atoms with Crippen molar-refractivity contribution in [2.24, 2.45) is 11.8 Å². The molecule has 118 valence electrons. The van der Waals surface area contributed by atoms with Crippen LogP contribution in [0.2, 0.25) is 0 Å². The smallest absolute Gasteiger partial charge is 0.127 e. The number of nitrogens with one attached hydrogen (secondary N) is 1. The molecule has 0 aromatic heterocycles. The predicted octanol–water partition coefficient (Wildman–Crippen LogP) is 3.38. The summed E-state index contributed by atoms with van der Waals surface area (Å²) in [4.78, 5) is 0. The average molecular weight is 295 g/mol. The van der Waals surface area contributed by atoms with Crippen molar-refractivity contribution in [1.82, 2.24) is 5.32 Å². The second kappa shape index (κ2) is 8.35. The fraction of sp³-hybridized carbons (Fsp3) is 0.647. The Kier molecular flexibility index (Phi) is 6.46. The molecule has 1 heterocycles. The maximum Gasteiger partial charge on any atom is 0.127 e. The molecule has 0 radical (unpaired) electrons. The molecule has 0 aliphatic carbocycles. The van der Waals surface area contributed by atoms with Crippen LogP contribution < -0.4 is 10.1 Å². The fourth-order valence-corrected chi connectivity index (χ4v) is 2.44. The van der Waals surface area contributed by atoms with Crippen LogP contribution in [-0.4, -0.2) is 26.4 Å². The summed E-state index contributed by atoms with van der Waals surface area (Å²) in [6, 6.07) is 4.95. The van der Waals surface area contributed by atoms with E-state index in [0.29, 0.717) is 30.7 Å². The Morgan fingerprint density at radius 1 is 1.29 bits per heavy atom. The number of halogens is 1. The van der Waals surface area contributed by atoms with Gasteiger partial charge in [-0.05, 0) is 48.9 Å². The van der Waals surface area contributed by atoms with Gasteiger partial charge in [-0.3, -0.25) is 0 Å². The first-order valence-electron chi connectivity index (χ1n) is 7.84. The van der Waals surface area contributed by atoms with Crippen LogP contribution in [0.5, 0.6) is 5.75 Å². The third kappa shape index (κ3) is 6.02. The number of rotatable bonds is 7. The third-order valence-corrected chi connectivity index (χ3v) is 3.64. The maximum absolute atomic E-state index is 13.7. The zero-order valence-electron chi connectivity index (χ0n) is 13.0. The first-order chi connectivity index (χ1) is 10.1. The molecule has 1 fully saturated rings. The number of benzene rings is 1. The van der Waals surface area contributed by atoms with E-state index < -0.39 is 0 Å². The zero-order valence-corrected chi connectivity index (χ0v) is 13.0. The van der Waals surface area contributed by atoms with E-state index >= 15 is 0 Å². The topological polar surface area (TPSA) is 30.5 Å². The van der Waals surface area contributed by atoms with Crippen LogP contribution in [0.15, 0.2) is 18.2 Å². The molecule has 0 spiro atoms. The minimum atomic E-state index is -0.235. The number of ether oxygens (including phenoxy) is 2. The summed E-state index contributed by atoms with van der Waals surface area (Å²) in [6.07, 6.45) is 2.05. The van der Waals surface area contributed by atoms with Gasteiger partial charge >= 0.3 is 0 Å². The van der Waals surface area contributed by atoms with Gasteiger partial charge in [-0.25, -0.2) is 4.39 Å². The molecule has 2 rings (SSSR count). The molecule has 0 atom stereocenters. The maximum atomic E-state index is 13.7. The Labute approximate surface area is 126 Å². The lowest BCUT2D eigenvalue weighted by Crippen LogP contribution is -2.21. The molecule has 21 heavy (non-hydrogen) atoms. The van der Waals surface area contributed by atoms with Crippen LogP contribution in [0.3, 0.4) is 0 Å². The first-order valence-corrected chi connectivity index (χ1v) is 7.84. The highest BCUT2D eigenvalue weighted by Crippen LogP contribution is 2.20. The molecule has 1 aromatic carbocycles. The molecule has 0 saturated carbocycles. The molecule has 0 bridgehead atoms. The monoisotopic (exact) mass is 295 g/mol. The Morgan fingerprint density at radius 2 is 2.05 bits per heavy atom. The van der Waals surface area contributed by atoms with Crippen molar-refractivity contribution in [3.63, 3.8) is 0 Å². The highest BCUT2D eigenvalue weighted by atomic mass is 19.1. The van der Waals surface area contributed by atoms with Crippen LogP contribution in [0.1, 0.15) is 32.3 Å². The van der Waals surface area contributed by atoms with E-state index in [2.05, 4.69) is 19.2 Å². The molecule has 1 saturated heterocycles. The van der Waals surface area contributed by atoms with Gasteiger partial charge < -0.3 is 14.8 Å². The third-order valence-electron chi connectivity index (χ3n) is 3.64. The van der Waals surface area contributed by atoms with Crippen molar-refractivity contribution in [2.45, 2.75) is 33.2 Å². The van der Waals surface area contributed by atoms with Gasteiger partial charge in [0.1, 0.15) is 11.6 Å². The molecule has 4 heteroatoms. The summed E-state index contributed by atoms with van der Waals surface area (Å²) in [7, 11) is 0. The highest BCUT2D eigenvalue weighted by Gasteiger charge is 2.14. The summed E-state index contributed by atoms with van der Waals surface area (Å²) in [5.74, 6) is 1.50. The van der Waals surface area contributed by atoms with Gasteiger partial charge in [-0.2, -0.15) is 0 Å². The molecule has 1 aliphatic rings. The van der Waals surface area contributed by atoms with Crippen molar-refractivity contribution < 1.29 is 13.9 Å². The van der Waals surface area contributed by atoms with Crippen molar-refractivity contribution in [3.8, 4) is 5.75 Å². The molecular formula is C17H26FNO2. The van der Waals surface area contributed by atoms with Crippen LogP contribution in [0, 0.1) is 17.7 Å². The minimum Gasteiger partial charge on any atom is -0.493 e. The fourth-order valence-electron chi connectivity index (χ4n) is 2.44. The Bertz CT molecular complexity index is 431. The molecular weight excluding hydrogens is 269 g/mol. The summed E-state index contributed by atoms with van der Waals surface area (Å²) in [5.41, 5.74) is 0.928. The second-order valence-corrected chi connectivity index (χ2v) is 6.19. The number of hydrogen-bond donors (Lipinski definition) is 1. The standard InChI is InChI=1S/C17H26FNO2/c1-13(2)10-19-11-15-7-16(18)9-17(8-15)21-12-14-3-5-20-6-4-14/h7-9,13-14,19H,3-6,10-12H2,1-2H3. The summed E-state index contributed by atoms with van der Waals surface area (Å²) >= 11 is 0. The molecule has 1 aromatic rings. The Hall–Kier alpha value is -1.13. The van der Waals surface area contributed by atoms with Crippen molar-refractivity contribution in [1.29, 1.82) is 0 Å². The number of hydrogen-bond acceptors (Lipinski definition) is 3. The van der Waals surface area contributed by atoms with Gasteiger partial charge in [0.05, 0.1) is 6.61 Å². The molecule has 3 nitrogen and oxygen atoms in total. The predicted molar refractivity (Wildman–Crippen MR) is 82.0 cm³/mol. The van der Waals surface area contributed by atoms with E-state index in [0.717, 1.165) is 38.2 Å². The highest BCUT2D eigenvalue weighted by molar-refractivity contribution is 5.29. The van der Waals surface area contributed by atoms with Crippen molar-refractivity contribution in [3.05, 3.63) is 29.6 Å². The SMILES string of the molecule is CC(C)CNCc1cc(F)cc(OCC2CCOCC2)c1. The molecule has 0 unspecified atom stereocenters. The Balaban J connectivity index is 1.85. The van der Waals surface area contributed by atoms with Gasteiger partial charge in [0, 0.05) is 25.8 Å². The van der Waals surface area contributed by atoms with E-state index in [1.165, 1.54) is 6.07 Å². The van der Waals surface area contributed by atoms with Crippen LogP contribution >= 0.6 is 0 Å². The van der Waals surface area contributed by atoms with Gasteiger partial charge in [-0.15, -0.1) is 0 Å². The van der Waals surface area contributed by atoms with E-state index in [4.69, 9.17) is 9.47 Å². The lowest BCUT2D eigenvalue weighted by molar-refractivity contribution is 0.0497. The van der Waals surface area contributed by atoms with Gasteiger partial charge in [-0.1, -0.05) is 13.8 Å². The molecule has 1 N–H and O–H groups in total. The molecule has 0 amide bonds. The summed E-state index contributed by atoms with van der Waals surface area (Å²) in [5, 5.41) is 3.32. The molecule has 1 aliphatic heterocycles. The summed E-state index contributed by atoms with van der Waals surface area (Å²) < 4.78 is 24.8. The largest absolute Gasteiger partial charge is 0.493 e. The van der Waals surface area contributed by atoms with E-state index in [-0.39, 0.29) is 5.82 Å². The van der Waals surface area contributed by atoms with Crippen molar-refractivity contribution in [2.75, 3.05) is 26.4 Å². The zero-order chi connectivity index (χ0) is 15.1. The average Bonchev–Trinajstić information content (AvgIpc) is 2.45. The Morgan fingerprint density at radius 3 is 2.76 bits per heavy atom. The van der Waals surface area contributed by atoms with Gasteiger partial charge in [0.15, 0.2) is 0 Å². The van der Waals surface area contributed by atoms with Crippen LogP contribution in [-0.2, 0) is 11.3 Å². The van der Waals surface area contributed by atoms with Crippen LogP contribution in [0.4, 0.5) is 4.39 Å². The lowest BCUT2D eigenvalue weighted by atomic mass is 10.0. The first kappa shape index (κ1) is 16.2.